The molecule has 1 fully saturated rings. The number of aromatic nitrogens is 4. The van der Waals surface area contributed by atoms with E-state index in [1.807, 2.05) is 4.68 Å². The minimum atomic E-state index is 0.708. The third-order valence-electron chi connectivity index (χ3n) is 3.88. The first-order chi connectivity index (χ1) is 8.81. The third-order valence-corrected chi connectivity index (χ3v) is 3.88. The molecule has 1 aliphatic carbocycles. The zero-order valence-corrected chi connectivity index (χ0v) is 11.7. The quantitative estimate of drug-likeness (QED) is 0.753. The highest BCUT2D eigenvalue weighted by atomic mass is 15.5. The highest BCUT2D eigenvalue weighted by Gasteiger charge is 2.19. The summed E-state index contributed by atoms with van der Waals surface area (Å²) in [4.78, 5) is 2.43. The minimum Gasteiger partial charge on any atom is -0.296 e. The van der Waals surface area contributed by atoms with E-state index < -0.39 is 0 Å². The first kappa shape index (κ1) is 13.5. The molecular formula is C13H25N5. The van der Waals surface area contributed by atoms with Crippen molar-refractivity contribution in [2.45, 2.75) is 71.0 Å². The van der Waals surface area contributed by atoms with Crippen molar-refractivity contribution < 1.29 is 0 Å². The smallest absolute Gasteiger partial charge is 0.165 e. The van der Waals surface area contributed by atoms with Crippen molar-refractivity contribution in [3.05, 3.63) is 5.82 Å². The molecule has 0 atom stereocenters. The maximum absolute atomic E-state index is 4.15. The van der Waals surface area contributed by atoms with Crippen LogP contribution in [0.3, 0.4) is 0 Å². The van der Waals surface area contributed by atoms with Gasteiger partial charge in [0.25, 0.3) is 0 Å². The molecule has 0 spiro atoms. The van der Waals surface area contributed by atoms with E-state index in [9.17, 15) is 0 Å². The first-order valence-electron chi connectivity index (χ1n) is 7.26. The van der Waals surface area contributed by atoms with E-state index in [0.717, 1.165) is 25.3 Å². The number of hydrogen-bond acceptors (Lipinski definition) is 4. The summed E-state index contributed by atoms with van der Waals surface area (Å²) in [5, 5.41) is 12.0. The maximum atomic E-state index is 4.15. The second-order valence-electron chi connectivity index (χ2n) is 5.38. The van der Waals surface area contributed by atoms with Crippen molar-refractivity contribution >= 4 is 0 Å². The van der Waals surface area contributed by atoms with Gasteiger partial charge in [0.05, 0.1) is 6.54 Å². The predicted octanol–water partition coefficient (Wildman–Crippen LogP) is 2.24. The highest BCUT2D eigenvalue weighted by Crippen LogP contribution is 2.21. The van der Waals surface area contributed by atoms with Crippen LogP contribution >= 0.6 is 0 Å². The molecule has 1 saturated carbocycles. The Morgan fingerprint density at radius 2 is 1.94 bits per heavy atom. The van der Waals surface area contributed by atoms with Crippen LogP contribution in [-0.2, 0) is 13.1 Å². The van der Waals surface area contributed by atoms with Gasteiger partial charge in [-0.2, -0.15) is 0 Å². The molecule has 2 rings (SSSR count). The minimum absolute atomic E-state index is 0.708. The van der Waals surface area contributed by atoms with Crippen LogP contribution in [0.1, 0.15) is 57.7 Å². The molecule has 0 bridgehead atoms. The van der Waals surface area contributed by atoms with Crippen LogP contribution in [0.2, 0.25) is 0 Å². The molecular weight excluding hydrogens is 226 g/mol. The Labute approximate surface area is 110 Å². The van der Waals surface area contributed by atoms with Gasteiger partial charge in [-0.1, -0.05) is 32.6 Å². The molecule has 1 aliphatic rings. The molecule has 0 unspecified atom stereocenters. The summed E-state index contributed by atoms with van der Waals surface area (Å²) in [5.41, 5.74) is 0. The molecule has 0 radical (unpaired) electrons. The van der Waals surface area contributed by atoms with E-state index in [1.165, 1.54) is 38.5 Å². The number of rotatable bonds is 5. The summed E-state index contributed by atoms with van der Waals surface area (Å²) in [7, 11) is 2.21. The van der Waals surface area contributed by atoms with Gasteiger partial charge >= 0.3 is 0 Å². The van der Waals surface area contributed by atoms with E-state index in [-0.39, 0.29) is 0 Å². The molecule has 102 valence electrons. The van der Waals surface area contributed by atoms with Crippen molar-refractivity contribution in [2.75, 3.05) is 7.05 Å². The van der Waals surface area contributed by atoms with Crippen LogP contribution < -0.4 is 0 Å². The van der Waals surface area contributed by atoms with Crippen LogP contribution in [0.4, 0.5) is 0 Å². The van der Waals surface area contributed by atoms with Gasteiger partial charge in [0.1, 0.15) is 0 Å². The molecule has 0 aromatic carbocycles. The summed E-state index contributed by atoms with van der Waals surface area (Å²) in [6.07, 6.45) is 9.27. The molecule has 1 heterocycles. The second kappa shape index (κ2) is 6.83. The molecule has 1 aromatic rings. The standard InChI is InChI=1S/C13H25N5/c1-3-10-18-13(14-15-16-18)11-17(2)12-8-6-4-5-7-9-12/h12H,3-11H2,1-2H3. The topological polar surface area (TPSA) is 46.8 Å². The first-order valence-corrected chi connectivity index (χ1v) is 7.26. The van der Waals surface area contributed by atoms with Crippen molar-refractivity contribution in [2.24, 2.45) is 0 Å². The van der Waals surface area contributed by atoms with Gasteiger partial charge in [0.2, 0.25) is 0 Å². The van der Waals surface area contributed by atoms with Crippen LogP contribution in [-0.4, -0.2) is 38.2 Å². The van der Waals surface area contributed by atoms with Crippen LogP contribution in [0, 0.1) is 0 Å². The van der Waals surface area contributed by atoms with Crippen LogP contribution in [0.5, 0.6) is 0 Å². The summed E-state index contributed by atoms with van der Waals surface area (Å²) in [6, 6.07) is 0.708. The molecule has 0 N–H and O–H groups in total. The zero-order valence-electron chi connectivity index (χ0n) is 11.7. The fourth-order valence-corrected chi connectivity index (χ4v) is 2.77. The predicted molar refractivity (Wildman–Crippen MR) is 71.1 cm³/mol. The Bertz CT molecular complexity index is 341. The molecule has 0 amide bonds. The monoisotopic (exact) mass is 251 g/mol. The Morgan fingerprint density at radius 1 is 1.22 bits per heavy atom. The van der Waals surface area contributed by atoms with Gasteiger partial charge in [-0.05, 0) is 36.7 Å². The molecule has 1 aromatic heterocycles. The number of nitrogens with zero attached hydrogens (tertiary/aromatic N) is 5. The Balaban J connectivity index is 1.92. The molecule has 18 heavy (non-hydrogen) atoms. The van der Waals surface area contributed by atoms with Crippen molar-refractivity contribution in [3.8, 4) is 0 Å². The lowest BCUT2D eigenvalue weighted by Gasteiger charge is -2.26. The van der Waals surface area contributed by atoms with E-state index in [0.29, 0.717) is 6.04 Å². The van der Waals surface area contributed by atoms with Crippen molar-refractivity contribution in [3.63, 3.8) is 0 Å². The Hall–Kier alpha value is -0.970. The molecule has 5 heteroatoms. The van der Waals surface area contributed by atoms with Gasteiger partial charge in [0, 0.05) is 12.6 Å². The normalized spacial score (nSPS) is 18.2. The average molecular weight is 251 g/mol. The van der Waals surface area contributed by atoms with E-state index in [2.05, 4.69) is 34.4 Å². The lowest BCUT2D eigenvalue weighted by molar-refractivity contribution is 0.204. The van der Waals surface area contributed by atoms with Crippen molar-refractivity contribution in [1.29, 1.82) is 0 Å². The van der Waals surface area contributed by atoms with E-state index in [4.69, 9.17) is 0 Å². The third kappa shape index (κ3) is 3.51. The Kier molecular flexibility index (Phi) is 5.11. The van der Waals surface area contributed by atoms with Gasteiger partial charge in [0.15, 0.2) is 5.82 Å². The summed E-state index contributed by atoms with van der Waals surface area (Å²) >= 11 is 0. The van der Waals surface area contributed by atoms with Gasteiger partial charge in [-0.15, -0.1) is 5.10 Å². The summed E-state index contributed by atoms with van der Waals surface area (Å²) in [5.74, 6) is 1.00. The van der Waals surface area contributed by atoms with E-state index in [1.54, 1.807) is 0 Å². The second-order valence-corrected chi connectivity index (χ2v) is 5.38. The van der Waals surface area contributed by atoms with E-state index >= 15 is 0 Å². The SMILES string of the molecule is CCCn1nnnc1CN(C)C1CCCCCC1. The molecule has 5 nitrogen and oxygen atoms in total. The Morgan fingerprint density at radius 3 is 2.61 bits per heavy atom. The molecule has 0 aliphatic heterocycles. The van der Waals surface area contributed by atoms with Gasteiger partial charge in [-0.25, -0.2) is 4.68 Å². The summed E-state index contributed by atoms with van der Waals surface area (Å²) in [6.45, 7) is 3.94. The average Bonchev–Trinajstić information content (AvgIpc) is 2.66. The largest absolute Gasteiger partial charge is 0.296 e. The maximum Gasteiger partial charge on any atom is 0.165 e. The highest BCUT2D eigenvalue weighted by molar-refractivity contribution is 4.83. The lowest BCUT2D eigenvalue weighted by Crippen LogP contribution is -2.32. The molecule has 0 saturated heterocycles. The lowest BCUT2D eigenvalue weighted by atomic mass is 10.1. The number of hydrogen-bond donors (Lipinski definition) is 0. The van der Waals surface area contributed by atoms with Gasteiger partial charge in [-0.3, -0.25) is 4.90 Å². The van der Waals surface area contributed by atoms with Crippen LogP contribution in [0.15, 0.2) is 0 Å². The summed E-state index contributed by atoms with van der Waals surface area (Å²) < 4.78 is 1.94. The number of aryl methyl sites for hydroxylation is 1. The van der Waals surface area contributed by atoms with Crippen molar-refractivity contribution in [1.82, 2.24) is 25.1 Å². The fourth-order valence-electron chi connectivity index (χ4n) is 2.77. The number of tetrazole rings is 1. The zero-order chi connectivity index (χ0) is 12.8. The fraction of sp³-hybridized carbons (Fsp3) is 0.923. The van der Waals surface area contributed by atoms with Crippen LogP contribution in [0.25, 0.3) is 0 Å². The van der Waals surface area contributed by atoms with Gasteiger partial charge < -0.3 is 0 Å².